The molecule has 0 bridgehead atoms. The van der Waals surface area contributed by atoms with Crippen molar-refractivity contribution in [2.75, 3.05) is 0 Å². The fourth-order valence-electron chi connectivity index (χ4n) is 0.949. The van der Waals surface area contributed by atoms with Gasteiger partial charge in [0, 0.05) is 0 Å². The first kappa shape index (κ1) is 8.43. The smallest absolute Gasteiger partial charge is 0.141 e. The molecular formula is C9H8N4O. The second-order valence-electron chi connectivity index (χ2n) is 2.68. The van der Waals surface area contributed by atoms with E-state index in [1.165, 1.54) is 17.3 Å². The summed E-state index contributed by atoms with van der Waals surface area (Å²) in [6.45, 7) is 0. The minimum atomic E-state index is 0.242. The molecule has 0 saturated carbocycles. The van der Waals surface area contributed by atoms with Crippen molar-refractivity contribution in [3.63, 3.8) is 0 Å². The molecule has 0 saturated heterocycles. The van der Waals surface area contributed by atoms with Crippen LogP contribution in [0, 0.1) is 0 Å². The van der Waals surface area contributed by atoms with Crippen LogP contribution in [0.2, 0.25) is 0 Å². The number of aromatic nitrogens is 3. The van der Waals surface area contributed by atoms with E-state index < -0.39 is 0 Å². The molecule has 0 fully saturated rings. The van der Waals surface area contributed by atoms with Crippen molar-refractivity contribution < 1.29 is 5.11 Å². The van der Waals surface area contributed by atoms with Crippen LogP contribution in [0.4, 0.5) is 0 Å². The Morgan fingerprint density at radius 2 is 1.79 bits per heavy atom. The Hall–Kier alpha value is -2.17. The quantitative estimate of drug-likeness (QED) is 0.711. The molecular weight excluding hydrogens is 180 g/mol. The third kappa shape index (κ3) is 1.95. The molecule has 0 spiro atoms. The first-order valence-electron chi connectivity index (χ1n) is 4.02. The zero-order chi connectivity index (χ0) is 9.80. The van der Waals surface area contributed by atoms with Gasteiger partial charge in [0.05, 0.1) is 6.21 Å². The van der Waals surface area contributed by atoms with Crippen LogP contribution in [0.25, 0.3) is 0 Å². The zero-order valence-corrected chi connectivity index (χ0v) is 7.28. The van der Waals surface area contributed by atoms with Crippen molar-refractivity contribution in [3.8, 4) is 5.75 Å². The normalized spacial score (nSPS) is 10.9. The number of hydrogen-bond acceptors (Lipinski definition) is 4. The minimum absolute atomic E-state index is 0.242. The Labute approximate surface area is 80.3 Å². The Morgan fingerprint density at radius 3 is 2.43 bits per heavy atom. The lowest BCUT2D eigenvalue weighted by Crippen LogP contribution is -1.86. The van der Waals surface area contributed by atoms with Gasteiger partial charge in [-0.05, 0) is 29.8 Å². The van der Waals surface area contributed by atoms with E-state index in [0.717, 1.165) is 5.56 Å². The van der Waals surface area contributed by atoms with E-state index in [4.69, 9.17) is 5.11 Å². The predicted molar refractivity (Wildman–Crippen MR) is 51.1 cm³/mol. The van der Waals surface area contributed by atoms with E-state index in [0.29, 0.717) is 0 Å². The molecule has 0 atom stereocenters. The molecule has 1 aromatic carbocycles. The summed E-state index contributed by atoms with van der Waals surface area (Å²) >= 11 is 0. The van der Waals surface area contributed by atoms with Gasteiger partial charge in [-0.3, -0.25) is 0 Å². The van der Waals surface area contributed by atoms with Crippen molar-refractivity contribution in [1.29, 1.82) is 0 Å². The maximum Gasteiger partial charge on any atom is 0.141 e. The predicted octanol–water partition coefficient (Wildman–Crippen LogP) is 0.866. The fraction of sp³-hybridized carbons (Fsp3) is 0. The summed E-state index contributed by atoms with van der Waals surface area (Å²) in [5.74, 6) is 0.242. The Bertz CT molecular complexity index is 419. The lowest BCUT2D eigenvalue weighted by atomic mass is 10.2. The molecule has 1 heterocycles. The van der Waals surface area contributed by atoms with E-state index in [1.54, 1.807) is 30.5 Å². The average Bonchev–Trinajstić information content (AvgIpc) is 2.70. The number of hydrogen-bond donors (Lipinski definition) is 1. The molecule has 0 aliphatic heterocycles. The SMILES string of the molecule is Oc1ccc(/C=N\n2cnnc2)cc1. The minimum Gasteiger partial charge on any atom is -0.508 e. The van der Waals surface area contributed by atoms with Crippen LogP contribution >= 0.6 is 0 Å². The van der Waals surface area contributed by atoms with Gasteiger partial charge < -0.3 is 5.11 Å². The largest absolute Gasteiger partial charge is 0.508 e. The van der Waals surface area contributed by atoms with Crippen molar-refractivity contribution in [2.45, 2.75) is 0 Å². The van der Waals surface area contributed by atoms with E-state index in [-0.39, 0.29) is 5.75 Å². The van der Waals surface area contributed by atoms with Crippen LogP contribution in [0.3, 0.4) is 0 Å². The van der Waals surface area contributed by atoms with Gasteiger partial charge in [-0.2, -0.15) is 5.10 Å². The molecule has 1 N–H and O–H groups in total. The lowest BCUT2D eigenvalue weighted by molar-refractivity contribution is 0.475. The fourth-order valence-corrected chi connectivity index (χ4v) is 0.949. The third-order valence-electron chi connectivity index (χ3n) is 1.64. The van der Waals surface area contributed by atoms with Crippen LogP contribution in [0.15, 0.2) is 42.0 Å². The molecule has 0 amide bonds. The van der Waals surface area contributed by atoms with Gasteiger partial charge in [0.25, 0.3) is 0 Å². The van der Waals surface area contributed by atoms with Crippen LogP contribution < -0.4 is 0 Å². The molecule has 0 aliphatic rings. The summed E-state index contributed by atoms with van der Waals surface area (Å²) < 4.78 is 1.49. The van der Waals surface area contributed by atoms with Gasteiger partial charge in [-0.15, -0.1) is 10.2 Å². The highest BCUT2D eigenvalue weighted by Gasteiger charge is 1.89. The summed E-state index contributed by atoms with van der Waals surface area (Å²) in [5, 5.41) is 20.3. The molecule has 0 unspecified atom stereocenters. The Kier molecular flexibility index (Phi) is 2.22. The van der Waals surface area contributed by atoms with Crippen molar-refractivity contribution in [3.05, 3.63) is 42.5 Å². The van der Waals surface area contributed by atoms with E-state index in [2.05, 4.69) is 15.3 Å². The van der Waals surface area contributed by atoms with Crippen molar-refractivity contribution >= 4 is 6.21 Å². The molecule has 70 valence electrons. The summed E-state index contributed by atoms with van der Waals surface area (Å²) in [7, 11) is 0. The maximum atomic E-state index is 9.04. The van der Waals surface area contributed by atoms with Crippen molar-refractivity contribution in [2.24, 2.45) is 5.10 Å². The average molecular weight is 188 g/mol. The monoisotopic (exact) mass is 188 g/mol. The molecule has 2 rings (SSSR count). The first-order valence-corrected chi connectivity index (χ1v) is 4.02. The van der Waals surface area contributed by atoms with Gasteiger partial charge in [0.2, 0.25) is 0 Å². The van der Waals surface area contributed by atoms with E-state index in [1.807, 2.05) is 0 Å². The summed E-state index contributed by atoms with van der Waals surface area (Å²) in [5.41, 5.74) is 0.900. The second-order valence-corrected chi connectivity index (χ2v) is 2.68. The first-order chi connectivity index (χ1) is 6.84. The summed E-state index contributed by atoms with van der Waals surface area (Å²) in [6.07, 6.45) is 4.65. The molecule has 14 heavy (non-hydrogen) atoms. The molecule has 5 nitrogen and oxygen atoms in total. The highest BCUT2D eigenvalue weighted by molar-refractivity contribution is 5.79. The Morgan fingerprint density at radius 1 is 1.14 bits per heavy atom. The van der Waals surface area contributed by atoms with Crippen LogP contribution in [-0.2, 0) is 0 Å². The molecule has 5 heteroatoms. The highest BCUT2D eigenvalue weighted by Crippen LogP contribution is 2.07. The number of benzene rings is 1. The van der Waals surface area contributed by atoms with Gasteiger partial charge >= 0.3 is 0 Å². The second kappa shape index (κ2) is 3.69. The van der Waals surface area contributed by atoms with Gasteiger partial charge in [-0.25, -0.2) is 4.68 Å². The summed E-state index contributed by atoms with van der Waals surface area (Å²) in [6, 6.07) is 6.74. The third-order valence-corrected chi connectivity index (χ3v) is 1.64. The van der Waals surface area contributed by atoms with E-state index >= 15 is 0 Å². The number of phenolic OH excluding ortho intramolecular Hbond substituents is 1. The van der Waals surface area contributed by atoms with Crippen LogP contribution in [0.5, 0.6) is 5.75 Å². The van der Waals surface area contributed by atoms with E-state index in [9.17, 15) is 0 Å². The Balaban J connectivity index is 2.15. The zero-order valence-electron chi connectivity index (χ0n) is 7.28. The molecule has 2 aromatic rings. The van der Waals surface area contributed by atoms with Gasteiger partial charge in [0.15, 0.2) is 0 Å². The lowest BCUT2D eigenvalue weighted by Gasteiger charge is -1.93. The van der Waals surface area contributed by atoms with Crippen molar-refractivity contribution in [1.82, 2.24) is 14.9 Å². The maximum absolute atomic E-state index is 9.04. The summed E-state index contributed by atoms with van der Waals surface area (Å²) in [4.78, 5) is 0. The highest BCUT2D eigenvalue weighted by atomic mass is 16.3. The molecule has 0 aliphatic carbocycles. The number of rotatable bonds is 2. The number of nitrogens with zero attached hydrogens (tertiary/aromatic N) is 4. The standard InChI is InChI=1S/C9H8N4O/c14-9-3-1-8(2-4-9)5-12-13-6-10-11-7-13/h1-7,14H/b12-5-. The van der Waals surface area contributed by atoms with Crippen LogP contribution in [-0.4, -0.2) is 26.2 Å². The number of aromatic hydroxyl groups is 1. The molecule has 1 aromatic heterocycles. The number of phenols is 1. The topological polar surface area (TPSA) is 63.3 Å². The van der Waals surface area contributed by atoms with Gasteiger partial charge in [0.1, 0.15) is 18.4 Å². The molecule has 0 radical (unpaired) electrons. The van der Waals surface area contributed by atoms with Crippen LogP contribution in [0.1, 0.15) is 5.56 Å². The van der Waals surface area contributed by atoms with Gasteiger partial charge in [-0.1, -0.05) is 0 Å².